The maximum absolute atomic E-state index is 4.52. The fourth-order valence-corrected chi connectivity index (χ4v) is 3.13. The van der Waals surface area contributed by atoms with Crippen LogP contribution in [0.1, 0.15) is 49.4 Å². The van der Waals surface area contributed by atoms with E-state index in [0.717, 1.165) is 18.7 Å². The highest BCUT2D eigenvalue weighted by molar-refractivity contribution is 5.62. The van der Waals surface area contributed by atoms with E-state index in [9.17, 15) is 0 Å². The predicted octanol–water partition coefficient (Wildman–Crippen LogP) is 5.42. The van der Waals surface area contributed by atoms with Crippen molar-refractivity contribution >= 4 is 0 Å². The van der Waals surface area contributed by atoms with Crippen LogP contribution in [0.2, 0.25) is 0 Å². The summed E-state index contributed by atoms with van der Waals surface area (Å²) in [6.07, 6.45) is 5.98. The molecule has 0 aliphatic carbocycles. The maximum Gasteiger partial charge on any atom is 0.0921 e. The first-order valence-electron chi connectivity index (χ1n) is 9.31. The second-order valence-electron chi connectivity index (χ2n) is 6.70. The first-order chi connectivity index (χ1) is 12.3. The summed E-state index contributed by atoms with van der Waals surface area (Å²) < 4.78 is 2.05. The topological polar surface area (TPSA) is 30.7 Å². The highest BCUT2D eigenvalue weighted by atomic mass is 15.4. The van der Waals surface area contributed by atoms with Crippen LogP contribution in [0.25, 0.3) is 11.3 Å². The summed E-state index contributed by atoms with van der Waals surface area (Å²) in [4.78, 5) is 0. The van der Waals surface area contributed by atoms with Crippen molar-refractivity contribution in [2.45, 2.75) is 52.5 Å². The summed E-state index contributed by atoms with van der Waals surface area (Å²) in [6, 6.07) is 19.2. The Morgan fingerprint density at radius 1 is 0.880 bits per heavy atom. The van der Waals surface area contributed by atoms with Gasteiger partial charge in [0, 0.05) is 5.56 Å². The van der Waals surface area contributed by atoms with E-state index in [0.29, 0.717) is 0 Å². The van der Waals surface area contributed by atoms with E-state index >= 15 is 0 Å². The van der Waals surface area contributed by atoms with Crippen molar-refractivity contribution in [1.29, 1.82) is 0 Å². The molecule has 3 nitrogen and oxygen atoms in total. The molecular formula is C22H27N3. The lowest BCUT2D eigenvalue weighted by molar-refractivity contribution is 0.649. The molecule has 0 radical (unpaired) electrons. The Balaban J connectivity index is 1.89. The third-order valence-corrected chi connectivity index (χ3v) is 4.57. The quantitative estimate of drug-likeness (QED) is 0.515. The summed E-state index contributed by atoms with van der Waals surface area (Å²) >= 11 is 0. The molecule has 1 heterocycles. The summed E-state index contributed by atoms with van der Waals surface area (Å²) in [5, 5.41) is 9.00. The molecule has 0 aliphatic rings. The van der Waals surface area contributed by atoms with Crippen LogP contribution in [0.3, 0.4) is 0 Å². The summed E-state index contributed by atoms with van der Waals surface area (Å²) in [7, 11) is 0. The van der Waals surface area contributed by atoms with E-state index in [4.69, 9.17) is 0 Å². The number of hydrogen-bond donors (Lipinski definition) is 0. The minimum Gasteiger partial charge on any atom is -0.240 e. The molecule has 0 saturated carbocycles. The number of nitrogens with zero attached hydrogens (tertiary/aromatic N) is 3. The van der Waals surface area contributed by atoms with Crippen molar-refractivity contribution in [3.05, 3.63) is 71.4 Å². The lowest BCUT2D eigenvalue weighted by Crippen LogP contribution is -2.04. The highest BCUT2D eigenvalue weighted by Crippen LogP contribution is 2.25. The minimum atomic E-state index is 0.756. The van der Waals surface area contributed by atoms with Crippen LogP contribution in [0.4, 0.5) is 0 Å². The van der Waals surface area contributed by atoms with Gasteiger partial charge < -0.3 is 0 Å². The van der Waals surface area contributed by atoms with E-state index in [-0.39, 0.29) is 0 Å². The molecule has 0 saturated heterocycles. The fourth-order valence-electron chi connectivity index (χ4n) is 3.13. The molecule has 0 bridgehead atoms. The number of aromatic nitrogens is 3. The van der Waals surface area contributed by atoms with Gasteiger partial charge in [-0.1, -0.05) is 91.6 Å². The van der Waals surface area contributed by atoms with E-state index in [1.165, 1.54) is 48.1 Å². The molecule has 25 heavy (non-hydrogen) atoms. The van der Waals surface area contributed by atoms with Crippen molar-refractivity contribution in [1.82, 2.24) is 15.0 Å². The van der Waals surface area contributed by atoms with Gasteiger partial charge in [0.05, 0.1) is 17.9 Å². The second-order valence-corrected chi connectivity index (χ2v) is 6.70. The summed E-state index contributed by atoms with van der Waals surface area (Å²) in [5.74, 6) is 0. The minimum absolute atomic E-state index is 0.756. The number of unbranched alkanes of at least 4 members (excludes halogenated alkanes) is 3. The SMILES string of the molecule is CCCCCCc1nnn(Cc2ccccc2)c1-c1ccc(C)cc1. The Morgan fingerprint density at radius 3 is 2.36 bits per heavy atom. The predicted molar refractivity (Wildman–Crippen MR) is 104 cm³/mol. The van der Waals surface area contributed by atoms with Crippen LogP contribution in [-0.2, 0) is 13.0 Å². The van der Waals surface area contributed by atoms with E-state index in [1.807, 2.05) is 6.07 Å². The molecular weight excluding hydrogens is 306 g/mol. The average Bonchev–Trinajstić information content (AvgIpc) is 3.03. The van der Waals surface area contributed by atoms with E-state index < -0.39 is 0 Å². The number of aryl methyl sites for hydroxylation is 2. The lowest BCUT2D eigenvalue weighted by atomic mass is 10.0. The monoisotopic (exact) mass is 333 g/mol. The van der Waals surface area contributed by atoms with Gasteiger partial charge in [0.2, 0.25) is 0 Å². The number of hydrogen-bond acceptors (Lipinski definition) is 2. The van der Waals surface area contributed by atoms with E-state index in [1.54, 1.807) is 0 Å². The molecule has 3 aromatic rings. The Bertz CT molecular complexity index is 773. The smallest absolute Gasteiger partial charge is 0.0921 e. The first-order valence-corrected chi connectivity index (χ1v) is 9.31. The number of benzene rings is 2. The molecule has 1 aromatic heterocycles. The molecule has 3 heteroatoms. The first kappa shape index (κ1) is 17.4. The third-order valence-electron chi connectivity index (χ3n) is 4.57. The van der Waals surface area contributed by atoms with Gasteiger partial charge in [-0.2, -0.15) is 0 Å². The molecule has 0 amide bonds. The molecule has 3 rings (SSSR count). The van der Waals surface area contributed by atoms with Crippen molar-refractivity contribution in [2.75, 3.05) is 0 Å². The van der Waals surface area contributed by atoms with Gasteiger partial charge in [-0.25, -0.2) is 4.68 Å². The van der Waals surface area contributed by atoms with Crippen LogP contribution >= 0.6 is 0 Å². The van der Waals surface area contributed by atoms with Crippen LogP contribution in [0.5, 0.6) is 0 Å². The van der Waals surface area contributed by atoms with Gasteiger partial charge >= 0.3 is 0 Å². The van der Waals surface area contributed by atoms with Crippen molar-refractivity contribution < 1.29 is 0 Å². The summed E-state index contributed by atoms with van der Waals surface area (Å²) in [5.41, 5.74) is 6.02. The average molecular weight is 333 g/mol. The molecule has 0 spiro atoms. The largest absolute Gasteiger partial charge is 0.240 e. The molecule has 0 N–H and O–H groups in total. The number of rotatable bonds is 8. The van der Waals surface area contributed by atoms with Gasteiger partial charge in [-0.15, -0.1) is 5.10 Å². The third kappa shape index (κ3) is 4.56. The Labute approximate surface area is 150 Å². The van der Waals surface area contributed by atoms with Crippen molar-refractivity contribution in [2.24, 2.45) is 0 Å². The fraction of sp³-hybridized carbons (Fsp3) is 0.364. The standard InChI is InChI=1S/C22H27N3/c1-3-4-5-9-12-21-22(20-15-13-18(2)14-16-20)25(24-23-21)17-19-10-7-6-8-11-19/h6-8,10-11,13-16H,3-5,9,12,17H2,1-2H3. The van der Waals surface area contributed by atoms with Gasteiger partial charge in [0.25, 0.3) is 0 Å². The normalized spacial score (nSPS) is 11.0. The van der Waals surface area contributed by atoms with Crippen LogP contribution in [-0.4, -0.2) is 15.0 Å². The zero-order valence-electron chi connectivity index (χ0n) is 15.3. The van der Waals surface area contributed by atoms with Crippen molar-refractivity contribution in [3.63, 3.8) is 0 Å². The Kier molecular flexibility index (Phi) is 5.99. The zero-order valence-corrected chi connectivity index (χ0v) is 15.3. The van der Waals surface area contributed by atoms with E-state index in [2.05, 4.69) is 77.4 Å². The molecule has 0 unspecified atom stereocenters. The van der Waals surface area contributed by atoms with Crippen LogP contribution in [0, 0.1) is 6.92 Å². The highest BCUT2D eigenvalue weighted by Gasteiger charge is 2.15. The van der Waals surface area contributed by atoms with Gasteiger partial charge in [-0.05, 0) is 25.3 Å². The summed E-state index contributed by atoms with van der Waals surface area (Å²) in [6.45, 7) is 5.12. The molecule has 2 aromatic carbocycles. The zero-order chi connectivity index (χ0) is 17.5. The Hall–Kier alpha value is -2.42. The van der Waals surface area contributed by atoms with Crippen LogP contribution in [0.15, 0.2) is 54.6 Å². The molecule has 0 fully saturated rings. The van der Waals surface area contributed by atoms with Gasteiger partial charge in [0.1, 0.15) is 0 Å². The molecule has 0 atom stereocenters. The Morgan fingerprint density at radius 2 is 1.64 bits per heavy atom. The van der Waals surface area contributed by atoms with Crippen molar-refractivity contribution in [3.8, 4) is 11.3 Å². The molecule has 0 aliphatic heterocycles. The maximum atomic E-state index is 4.52. The van der Waals surface area contributed by atoms with Crippen LogP contribution < -0.4 is 0 Å². The van der Waals surface area contributed by atoms with Gasteiger partial charge in [0.15, 0.2) is 0 Å². The lowest BCUT2D eigenvalue weighted by Gasteiger charge is -2.09. The second kappa shape index (κ2) is 8.61. The van der Waals surface area contributed by atoms with Gasteiger partial charge in [-0.3, -0.25) is 0 Å². The molecule has 130 valence electrons.